The quantitative estimate of drug-likeness (QED) is 0.507. The summed E-state index contributed by atoms with van der Waals surface area (Å²) in [7, 11) is 0. The molecule has 0 heterocycles. The second-order valence-electron chi connectivity index (χ2n) is 1.57. The van der Waals surface area contributed by atoms with Crippen molar-refractivity contribution in [2.75, 3.05) is 0 Å². The molecule has 8 heavy (non-hydrogen) atoms. The Morgan fingerprint density at radius 1 is 1.38 bits per heavy atom. The molecule has 0 radical (unpaired) electrons. The van der Waals surface area contributed by atoms with Crippen LogP contribution in [-0.2, 0) is 20.3 Å². The van der Waals surface area contributed by atoms with Crippen LogP contribution in [0.4, 0.5) is 0 Å². The number of hydrogen-bond acceptors (Lipinski definition) is 1. The van der Waals surface area contributed by atoms with E-state index in [0.29, 0.717) is 0 Å². The molecule has 0 aromatic heterocycles. The summed E-state index contributed by atoms with van der Waals surface area (Å²) in [6.45, 7) is 0. The van der Waals surface area contributed by atoms with E-state index in [2.05, 4.69) is 15.5 Å². The molecule has 0 spiro atoms. The van der Waals surface area contributed by atoms with Crippen molar-refractivity contribution in [1.29, 1.82) is 0 Å². The van der Waals surface area contributed by atoms with Crippen LogP contribution in [0.25, 0.3) is 0 Å². The standard InChI is InChI=1S/C6H5O.Ni/c7-5-6-3-1-2-4-6;/h1-4,6H;. The van der Waals surface area contributed by atoms with E-state index < -0.39 is 0 Å². The summed E-state index contributed by atoms with van der Waals surface area (Å²) >= 11 is 4.12. The van der Waals surface area contributed by atoms with Gasteiger partial charge in [0.2, 0.25) is 0 Å². The molecule has 0 fully saturated rings. The molecule has 0 unspecified atom stereocenters. The molecule has 0 bridgehead atoms. The van der Waals surface area contributed by atoms with Crippen molar-refractivity contribution in [2.24, 2.45) is 5.92 Å². The molecular formula is C6H5NiO. The van der Waals surface area contributed by atoms with Crippen LogP contribution in [0.2, 0.25) is 0 Å². The van der Waals surface area contributed by atoms with E-state index in [1.807, 2.05) is 12.2 Å². The Bertz CT molecular complexity index is 146. The van der Waals surface area contributed by atoms with Gasteiger partial charge in [0.05, 0.1) is 0 Å². The Balaban J connectivity index is 2.62. The van der Waals surface area contributed by atoms with Crippen molar-refractivity contribution in [2.45, 2.75) is 0 Å². The zero-order valence-electron chi connectivity index (χ0n) is 4.11. The van der Waals surface area contributed by atoms with Crippen LogP contribution in [0.15, 0.2) is 24.3 Å². The maximum atomic E-state index is 10.4. The molecule has 0 saturated heterocycles. The fourth-order valence-corrected chi connectivity index (χ4v) is 0.761. The molecule has 1 aliphatic carbocycles. The number of allylic oxidation sites excluding steroid dienone is 4. The number of carbonyl (C=O) groups excluding carboxylic acids is 1. The molecule has 1 nitrogen and oxygen atoms in total. The fraction of sp³-hybridized carbons (Fsp3) is 0.167. The van der Waals surface area contributed by atoms with Gasteiger partial charge in [-0.3, -0.25) is 0 Å². The van der Waals surface area contributed by atoms with Crippen LogP contribution in [-0.4, -0.2) is 4.75 Å². The first-order valence-corrected chi connectivity index (χ1v) is 2.81. The molecule has 0 aliphatic heterocycles. The third-order valence-electron chi connectivity index (χ3n) is 0.989. The van der Waals surface area contributed by atoms with Crippen LogP contribution in [0.1, 0.15) is 0 Å². The van der Waals surface area contributed by atoms with E-state index in [0.717, 1.165) is 0 Å². The second-order valence-corrected chi connectivity index (χ2v) is 2.06. The molecular weight excluding hydrogens is 147 g/mol. The van der Waals surface area contributed by atoms with E-state index in [1.54, 1.807) is 12.2 Å². The third kappa shape index (κ3) is 1.07. The van der Waals surface area contributed by atoms with E-state index in [1.165, 1.54) is 0 Å². The van der Waals surface area contributed by atoms with Crippen molar-refractivity contribution in [1.82, 2.24) is 0 Å². The van der Waals surface area contributed by atoms with Gasteiger partial charge in [-0.2, -0.15) is 0 Å². The minimum atomic E-state index is -0.157. The molecule has 0 aromatic rings. The first-order chi connectivity index (χ1) is 3.80. The van der Waals surface area contributed by atoms with Gasteiger partial charge in [0.25, 0.3) is 0 Å². The molecule has 1 rings (SSSR count). The molecule has 45 valence electrons. The van der Waals surface area contributed by atoms with E-state index in [9.17, 15) is 4.79 Å². The van der Waals surface area contributed by atoms with Crippen molar-refractivity contribution in [3.63, 3.8) is 0 Å². The van der Waals surface area contributed by atoms with Crippen molar-refractivity contribution >= 4 is 4.75 Å². The van der Waals surface area contributed by atoms with Crippen LogP contribution in [0, 0.1) is 5.92 Å². The summed E-state index contributed by atoms with van der Waals surface area (Å²) in [6, 6.07) is 0. The Hall–Kier alpha value is -0.356. The average molecular weight is 152 g/mol. The predicted octanol–water partition coefficient (Wildman–Crippen LogP) is 0.802. The van der Waals surface area contributed by atoms with Gasteiger partial charge in [-0.1, -0.05) is 0 Å². The fourth-order valence-electron chi connectivity index (χ4n) is 0.571. The Kier molecular flexibility index (Phi) is 1.64. The first-order valence-electron chi connectivity index (χ1n) is 2.32. The van der Waals surface area contributed by atoms with Crippen LogP contribution >= 0.6 is 0 Å². The molecule has 0 amide bonds. The second kappa shape index (κ2) is 2.28. The summed E-state index contributed by atoms with van der Waals surface area (Å²) in [4.78, 5) is 10.4. The number of hydrogen-bond donors (Lipinski definition) is 0. The Morgan fingerprint density at radius 2 is 1.88 bits per heavy atom. The third-order valence-corrected chi connectivity index (χ3v) is 1.32. The van der Waals surface area contributed by atoms with E-state index in [-0.39, 0.29) is 10.7 Å². The van der Waals surface area contributed by atoms with Crippen LogP contribution < -0.4 is 0 Å². The molecule has 0 atom stereocenters. The van der Waals surface area contributed by atoms with Gasteiger partial charge in [0.1, 0.15) is 0 Å². The Morgan fingerprint density at radius 3 is 2.12 bits per heavy atom. The summed E-state index contributed by atoms with van der Waals surface area (Å²) < 4.78 is -0.157. The van der Waals surface area contributed by atoms with Gasteiger partial charge in [0.15, 0.2) is 0 Å². The predicted molar refractivity (Wildman–Crippen MR) is 26.8 cm³/mol. The van der Waals surface area contributed by atoms with E-state index in [4.69, 9.17) is 0 Å². The van der Waals surface area contributed by atoms with Crippen LogP contribution in [0.3, 0.4) is 0 Å². The molecule has 0 aromatic carbocycles. The number of rotatable bonds is 1. The van der Waals surface area contributed by atoms with Gasteiger partial charge >= 0.3 is 55.2 Å². The van der Waals surface area contributed by atoms with E-state index >= 15 is 0 Å². The maximum absolute atomic E-state index is 10.4. The topological polar surface area (TPSA) is 17.1 Å². The van der Waals surface area contributed by atoms with Crippen LogP contribution in [0.5, 0.6) is 0 Å². The van der Waals surface area contributed by atoms with Gasteiger partial charge in [0, 0.05) is 0 Å². The molecule has 2 heteroatoms. The Labute approximate surface area is 55.8 Å². The zero-order valence-corrected chi connectivity index (χ0v) is 5.10. The van der Waals surface area contributed by atoms with Crippen molar-refractivity contribution in [3.8, 4) is 0 Å². The monoisotopic (exact) mass is 151 g/mol. The summed E-state index contributed by atoms with van der Waals surface area (Å²) in [5.41, 5.74) is 0. The summed E-state index contributed by atoms with van der Waals surface area (Å²) in [5.74, 6) is -0.102. The summed E-state index contributed by atoms with van der Waals surface area (Å²) in [5, 5.41) is 0. The zero-order chi connectivity index (χ0) is 5.98. The van der Waals surface area contributed by atoms with Gasteiger partial charge in [-0.05, 0) is 0 Å². The molecule has 1 aliphatic rings. The first kappa shape index (κ1) is 5.77. The van der Waals surface area contributed by atoms with Gasteiger partial charge in [-0.15, -0.1) is 0 Å². The van der Waals surface area contributed by atoms with Crippen molar-refractivity contribution < 1.29 is 20.3 Å². The SMILES string of the molecule is O=[C]([Ni])C1C=CC=C1. The normalized spacial score (nSPS) is 17.8. The molecule has 0 N–H and O–H groups in total. The van der Waals surface area contributed by atoms with Crippen molar-refractivity contribution in [3.05, 3.63) is 24.3 Å². The minimum absolute atomic E-state index is 0.102. The number of carbonyl (C=O) groups is 1. The van der Waals surface area contributed by atoms with Gasteiger partial charge in [-0.25, -0.2) is 0 Å². The average Bonchev–Trinajstić information content (AvgIpc) is 2.12. The molecule has 0 saturated carbocycles. The van der Waals surface area contributed by atoms with Gasteiger partial charge < -0.3 is 0 Å². The summed E-state index contributed by atoms with van der Waals surface area (Å²) in [6.07, 6.45) is 7.26.